The third-order valence-electron chi connectivity index (χ3n) is 7.21. The molecule has 2 atom stereocenters. The lowest BCUT2D eigenvalue weighted by Crippen LogP contribution is -2.51. The number of amides is 2. The number of hydrogen-bond donors (Lipinski definition) is 1. The highest BCUT2D eigenvalue weighted by molar-refractivity contribution is 7.89. The molecular formula is C23H31N3O7S. The monoisotopic (exact) mass is 493 g/mol. The van der Waals surface area contributed by atoms with Crippen LogP contribution in [0.4, 0.5) is 5.69 Å². The molecule has 0 aromatic heterocycles. The quantitative estimate of drug-likeness (QED) is 0.678. The van der Waals surface area contributed by atoms with Crippen LogP contribution in [0.5, 0.6) is 5.75 Å². The normalized spacial score (nSPS) is 27.2. The number of aryl methyl sites for hydroxylation is 1. The Bertz CT molecular complexity index is 1090. The molecule has 34 heavy (non-hydrogen) atoms. The zero-order chi connectivity index (χ0) is 24.1. The van der Waals surface area contributed by atoms with Crippen LogP contribution < -0.4 is 10.1 Å². The van der Waals surface area contributed by atoms with Crippen molar-refractivity contribution < 1.29 is 32.2 Å². The molecule has 10 nitrogen and oxygen atoms in total. The van der Waals surface area contributed by atoms with Crippen LogP contribution in [0.15, 0.2) is 17.0 Å². The van der Waals surface area contributed by atoms with Gasteiger partial charge in [0, 0.05) is 45.1 Å². The molecule has 3 fully saturated rings. The number of anilines is 1. The van der Waals surface area contributed by atoms with Crippen LogP contribution in [0.3, 0.4) is 0 Å². The van der Waals surface area contributed by atoms with Gasteiger partial charge >= 0.3 is 0 Å². The number of piperidine rings is 2. The van der Waals surface area contributed by atoms with E-state index in [0.717, 1.165) is 0 Å². The number of nitrogens with zero attached hydrogens (tertiary/aromatic N) is 2. The number of nitrogens with one attached hydrogen (secondary N) is 1. The van der Waals surface area contributed by atoms with E-state index >= 15 is 0 Å². The molecule has 0 saturated carbocycles. The molecule has 11 heteroatoms. The Morgan fingerprint density at radius 2 is 1.85 bits per heavy atom. The third-order valence-corrected chi connectivity index (χ3v) is 9.22. The molecular weight excluding hydrogens is 462 g/mol. The number of ether oxygens (including phenoxy) is 3. The number of benzene rings is 1. The number of fused-ring (bicyclic) bond motifs is 1. The van der Waals surface area contributed by atoms with Gasteiger partial charge in [-0.05, 0) is 38.3 Å². The number of hydrogen-bond acceptors (Lipinski definition) is 7. The van der Waals surface area contributed by atoms with Crippen molar-refractivity contribution in [3.05, 3.63) is 17.7 Å². The Kier molecular flexibility index (Phi) is 6.07. The van der Waals surface area contributed by atoms with Crippen LogP contribution in [0.1, 0.15) is 38.2 Å². The molecule has 1 aromatic carbocycles. The Morgan fingerprint density at radius 1 is 1.15 bits per heavy atom. The van der Waals surface area contributed by atoms with Gasteiger partial charge in [0.15, 0.2) is 11.9 Å². The fourth-order valence-corrected chi connectivity index (χ4v) is 6.98. The first-order valence-electron chi connectivity index (χ1n) is 11.9. The zero-order valence-corrected chi connectivity index (χ0v) is 20.4. The summed E-state index contributed by atoms with van der Waals surface area (Å²) in [7, 11) is -3.84. The molecule has 4 aliphatic rings. The predicted molar refractivity (Wildman–Crippen MR) is 122 cm³/mol. The van der Waals surface area contributed by atoms with Gasteiger partial charge in [0.05, 0.1) is 29.7 Å². The molecule has 0 radical (unpaired) electrons. The second kappa shape index (κ2) is 8.78. The van der Waals surface area contributed by atoms with E-state index < -0.39 is 21.9 Å². The first-order valence-corrected chi connectivity index (χ1v) is 13.3. The zero-order valence-electron chi connectivity index (χ0n) is 19.5. The van der Waals surface area contributed by atoms with Gasteiger partial charge in [-0.3, -0.25) is 9.59 Å². The summed E-state index contributed by atoms with van der Waals surface area (Å²) >= 11 is 0. The highest BCUT2D eigenvalue weighted by Crippen LogP contribution is 2.37. The summed E-state index contributed by atoms with van der Waals surface area (Å²) in [4.78, 5) is 27.1. The second-order valence-corrected chi connectivity index (χ2v) is 11.4. The summed E-state index contributed by atoms with van der Waals surface area (Å²) in [5.41, 5.74) is 0.980. The number of rotatable bonds is 3. The summed E-state index contributed by atoms with van der Waals surface area (Å²) in [5, 5.41) is 2.74. The lowest BCUT2D eigenvalue weighted by Gasteiger charge is -2.40. The highest BCUT2D eigenvalue weighted by Gasteiger charge is 2.43. The minimum atomic E-state index is -3.84. The van der Waals surface area contributed by atoms with Crippen molar-refractivity contribution in [1.29, 1.82) is 0 Å². The van der Waals surface area contributed by atoms with Crippen LogP contribution in [0, 0.1) is 12.8 Å². The number of likely N-dealkylation sites (tertiary alicyclic amines) is 1. The van der Waals surface area contributed by atoms with E-state index in [9.17, 15) is 18.0 Å². The van der Waals surface area contributed by atoms with Crippen molar-refractivity contribution in [3.8, 4) is 5.75 Å². The summed E-state index contributed by atoms with van der Waals surface area (Å²) in [6.07, 6.45) is 1.85. The van der Waals surface area contributed by atoms with E-state index in [1.165, 1.54) is 10.4 Å². The number of carbonyl (C=O) groups is 2. The fourth-order valence-electron chi connectivity index (χ4n) is 5.23. The maximum absolute atomic E-state index is 13.6. The number of sulfonamides is 1. The molecule has 186 valence electrons. The van der Waals surface area contributed by atoms with Gasteiger partial charge in [-0.25, -0.2) is 8.42 Å². The van der Waals surface area contributed by atoms with Crippen molar-refractivity contribution in [2.24, 2.45) is 5.92 Å². The van der Waals surface area contributed by atoms with Crippen LogP contribution in [-0.4, -0.2) is 80.7 Å². The summed E-state index contributed by atoms with van der Waals surface area (Å²) < 4.78 is 45.7. The van der Waals surface area contributed by atoms with E-state index in [4.69, 9.17) is 14.2 Å². The smallest absolute Gasteiger partial charge is 0.265 e. The first-order chi connectivity index (χ1) is 16.2. The molecule has 0 unspecified atom stereocenters. The summed E-state index contributed by atoms with van der Waals surface area (Å²) in [6, 6.07) is 3.10. The maximum Gasteiger partial charge on any atom is 0.265 e. The molecule has 4 heterocycles. The van der Waals surface area contributed by atoms with E-state index in [1.807, 2.05) is 4.90 Å². The van der Waals surface area contributed by atoms with Gasteiger partial charge in [0.1, 0.15) is 5.75 Å². The molecule has 1 N–H and O–H groups in total. The topological polar surface area (TPSA) is 114 Å². The fraction of sp³-hybridized carbons (Fsp3) is 0.652. The predicted octanol–water partition coefficient (Wildman–Crippen LogP) is 1.48. The standard InChI is InChI=1S/C23H31N3O7S/c1-15-12-18-19(33-16(2)21(27)24-18)13-20(15)34(29,30)26-7-3-4-17(14-26)22(28)25-8-5-23(6-9-25)31-10-11-32-23/h12-13,16-17H,3-11,14H2,1-2H3,(H,24,27)/t16-,17+/m1/s1. The van der Waals surface area contributed by atoms with Gasteiger partial charge in [-0.1, -0.05) is 0 Å². The van der Waals surface area contributed by atoms with Gasteiger partial charge in [0.25, 0.3) is 5.91 Å². The summed E-state index contributed by atoms with van der Waals surface area (Å²) in [5.74, 6) is -0.873. The largest absolute Gasteiger partial charge is 0.479 e. The third kappa shape index (κ3) is 4.19. The van der Waals surface area contributed by atoms with Crippen molar-refractivity contribution >= 4 is 27.5 Å². The highest BCUT2D eigenvalue weighted by atomic mass is 32.2. The van der Waals surface area contributed by atoms with E-state index in [2.05, 4.69) is 5.32 Å². The minimum Gasteiger partial charge on any atom is -0.479 e. The lowest BCUT2D eigenvalue weighted by molar-refractivity contribution is -0.188. The van der Waals surface area contributed by atoms with Crippen LogP contribution in [0.25, 0.3) is 0 Å². The molecule has 0 aliphatic carbocycles. The maximum atomic E-state index is 13.6. The van der Waals surface area contributed by atoms with Crippen LogP contribution in [0.2, 0.25) is 0 Å². The second-order valence-electron chi connectivity index (χ2n) is 9.50. The van der Waals surface area contributed by atoms with Crippen molar-refractivity contribution in [3.63, 3.8) is 0 Å². The average Bonchev–Trinajstić information content (AvgIpc) is 3.27. The first kappa shape index (κ1) is 23.5. The molecule has 3 saturated heterocycles. The number of carbonyl (C=O) groups excluding carboxylic acids is 2. The van der Waals surface area contributed by atoms with E-state index in [0.29, 0.717) is 75.5 Å². The van der Waals surface area contributed by atoms with E-state index in [-0.39, 0.29) is 29.2 Å². The van der Waals surface area contributed by atoms with E-state index in [1.54, 1.807) is 19.9 Å². The van der Waals surface area contributed by atoms with Gasteiger partial charge in [0.2, 0.25) is 15.9 Å². The molecule has 4 aliphatic heterocycles. The molecule has 5 rings (SSSR count). The molecule has 0 bridgehead atoms. The van der Waals surface area contributed by atoms with Crippen molar-refractivity contribution in [2.45, 2.75) is 56.3 Å². The molecule has 1 aromatic rings. The van der Waals surface area contributed by atoms with Gasteiger partial charge in [-0.15, -0.1) is 0 Å². The molecule has 2 amide bonds. The SMILES string of the molecule is Cc1cc2c(cc1S(=O)(=O)N1CCC[C@H](C(=O)N3CCC4(CC3)OCCO4)C1)O[C@H](C)C(=O)N2. The molecule has 1 spiro atoms. The van der Waals surface area contributed by atoms with Gasteiger partial charge < -0.3 is 24.4 Å². The summed E-state index contributed by atoms with van der Waals surface area (Å²) in [6.45, 7) is 6.09. The Balaban J connectivity index is 1.30. The Morgan fingerprint density at radius 3 is 2.56 bits per heavy atom. The van der Waals surface area contributed by atoms with Gasteiger partial charge in [-0.2, -0.15) is 4.31 Å². The van der Waals surface area contributed by atoms with Crippen LogP contribution >= 0.6 is 0 Å². The lowest BCUT2D eigenvalue weighted by atomic mass is 9.96. The van der Waals surface area contributed by atoms with Crippen LogP contribution in [-0.2, 0) is 29.1 Å². The Labute approximate surface area is 199 Å². The average molecular weight is 494 g/mol. The van der Waals surface area contributed by atoms with Crippen molar-refractivity contribution in [2.75, 3.05) is 44.7 Å². The minimum absolute atomic E-state index is 0.00483. The van der Waals surface area contributed by atoms with Crippen molar-refractivity contribution in [1.82, 2.24) is 9.21 Å². The Hall–Kier alpha value is -2.21.